The summed E-state index contributed by atoms with van der Waals surface area (Å²) in [5.74, 6) is -3.20. The number of carbonyl (C=O) groups is 2. The van der Waals surface area contributed by atoms with Crippen LogP contribution in [0.3, 0.4) is 0 Å². The average molecular weight is 201 g/mol. The predicted molar refractivity (Wildman–Crippen MR) is 45.1 cm³/mol. The highest BCUT2D eigenvalue weighted by molar-refractivity contribution is 6.41. The maximum absolute atomic E-state index is 10.9. The van der Waals surface area contributed by atoms with E-state index in [4.69, 9.17) is 21.8 Å². The van der Waals surface area contributed by atoms with Gasteiger partial charge in [-0.1, -0.05) is 11.6 Å². The van der Waals surface area contributed by atoms with Crippen molar-refractivity contribution in [2.75, 3.05) is 0 Å². The number of Topliss-reactive ketones (excluding diaryl/α,β-unsaturated/α-hetero) is 1. The monoisotopic (exact) mass is 200 g/mol. The van der Waals surface area contributed by atoms with Crippen LogP contribution in [0.4, 0.5) is 0 Å². The lowest BCUT2D eigenvalue weighted by molar-refractivity contribution is -0.131. The molecule has 1 aromatic rings. The van der Waals surface area contributed by atoms with Crippen LogP contribution in [-0.4, -0.2) is 22.0 Å². The summed E-state index contributed by atoms with van der Waals surface area (Å²) >= 11 is 5.51. The Balaban J connectivity index is 3.21. The minimum Gasteiger partial charge on any atom is -0.507 e. The molecule has 0 aromatic heterocycles. The van der Waals surface area contributed by atoms with E-state index in [1.165, 1.54) is 12.1 Å². The Labute approximate surface area is 78.4 Å². The van der Waals surface area contributed by atoms with Crippen LogP contribution in [0.2, 0.25) is 5.02 Å². The third-order valence-corrected chi connectivity index (χ3v) is 1.63. The van der Waals surface area contributed by atoms with E-state index in [-0.39, 0.29) is 10.6 Å². The molecule has 2 N–H and O–H groups in total. The molecule has 0 unspecified atom stereocenters. The number of phenols is 1. The van der Waals surface area contributed by atoms with E-state index in [2.05, 4.69) is 0 Å². The SMILES string of the molecule is O=C(O)C(=O)c1cc(Cl)ccc1O. The number of aromatic hydroxyl groups is 1. The Morgan fingerprint density at radius 1 is 1.31 bits per heavy atom. The first-order chi connectivity index (χ1) is 6.02. The van der Waals surface area contributed by atoms with Crippen LogP contribution in [0.15, 0.2) is 18.2 Å². The Morgan fingerprint density at radius 2 is 1.92 bits per heavy atom. The van der Waals surface area contributed by atoms with Gasteiger partial charge in [-0.3, -0.25) is 4.79 Å². The van der Waals surface area contributed by atoms with Gasteiger partial charge in [0.15, 0.2) is 0 Å². The lowest BCUT2D eigenvalue weighted by Gasteiger charge is -1.99. The number of hydrogen-bond donors (Lipinski definition) is 2. The normalized spacial score (nSPS) is 9.62. The Morgan fingerprint density at radius 3 is 2.46 bits per heavy atom. The minimum absolute atomic E-state index is 0.197. The van der Waals surface area contributed by atoms with E-state index in [0.717, 1.165) is 6.07 Å². The number of aliphatic carboxylic acids is 1. The van der Waals surface area contributed by atoms with Crippen molar-refractivity contribution in [1.82, 2.24) is 0 Å². The summed E-state index contributed by atoms with van der Waals surface area (Å²) in [6.45, 7) is 0. The van der Waals surface area contributed by atoms with E-state index >= 15 is 0 Å². The first-order valence-corrected chi connectivity index (χ1v) is 3.66. The molecule has 0 amide bonds. The lowest BCUT2D eigenvalue weighted by atomic mass is 10.1. The first kappa shape index (κ1) is 9.54. The van der Waals surface area contributed by atoms with Gasteiger partial charge in [-0.05, 0) is 18.2 Å². The highest BCUT2D eigenvalue weighted by Gasteiger charge is 2.18. The summed E-state index contributed by atoms with van der Waals surface area (Å²) in [7, 11) is 0. The summed E-state index contributed by atoms with van der Waals surface area (Å²) in [6.07, 6.45) is 0. The van der Waals surface area contributed by atoms with E-state index in [0.29, 0.717) is 0 Å². The topological polar surface area (TPSA) is 74.6 Å². The maximum atomic E-state index is 10.9. The number of ketones is 1. The zero-order valence-electron chi connectivity index (χ0n) is 6.32. The minimum atomic E-state index is -1.63. The van der Waals surface area contributed by atoms with Gasteiger partial charge >= 0.3 is 5.97 Å². The van der Waals surface area contributed by atoms with Crippen LogP contribution < -0.4 is 0 Å². The van der Waals surface area contributed by atoms with Gasteiger partial charge in [0.2, 0.25) is 0 Å². The predicted octanol–water partition coefficient (Wildman–Crippen LogP) is 1.31. The van der Waals surface area contributed by atoms with Crippen molar-refractivity contribution >= 4 is 23.4 Å². The summed E-state index contributed by atoms with van der Waals surface area (Å²) in [6, 6.07) is 3.63. The number of carbonyl (C=O) groups excluding carboxylic acids is 1. The van der Waals surface area contributed by atoms with Gasteiger partial charge in [0, 0.05) is 5.02 Å². The molecule has 13 heavy (non-hydrogen) atoms. The number of carboxylic acid groups (broad SMARTS) is 1. The largest absolute Gasteiger partial charge is 0.507 e. The van der Waals surface area contributed by atoms with Crippen LogP contribution in [0.5, 0.6) is 5.75 Å². The molecule has 0 radical (unpaired) electrons. The molecule has 1 aromatic carbocycles. The number of phenolic OH excluding ortho intramolecular Hbond substituents is 1. The molecule has 0 aliphatic rings. The Hall–Kier alpha value is -1.55. The molecule has 1 rings (SSSR count). The van der Waals surface area contributed by atoms with Gasteiger partial charge in [-0.2, -0.15) is 0 Å². The van der Waals surface area contributed by atoms with Crippen molar-refractivity contribution in [2.24, 2.45) is 0 Å². The van der Waals surface area contributed by atoms with Gasteiger partial charge in [-0.15, -0.1) is 0 Å². The molecule has 0 spiro atoms. The smallest absolute Gasteiger partial charge is 0.377 e. The standard InChI is InChI=1S/C8H5ClO4/c9-4-1-2-6(10)5(3-4)7(11)8(12)13/h1-3,10H,(H,12,13). The van der Waals surface area contributed by atoms with E-state index in [9.17, 15) is 9.59 Å². The van der Waals surface area contributed by atoms with Crippen molar-refractivity contribution in [3.63, 3.8) is 0 Å². The summed E-state index contributed by atoms with van der Waals surface area (Å²) in [5.41, 5.74) is -0.306. The second-order valence-electron chi connectivity index (χ2n) is 2.30. The fourth-order valence-electron chi connectivity index (χ4n) is 0.805. The highest BCUT2D eigenvalue weighted by Crippen LogP contribution is 2.21. The van der Waals surface area contributed by atoms with E-state index < -0.39 is 17.5 Å². The molecule has 4 nitrogen and oxygen atoms in total. The Bertz CT molecular complexity index is 372. The molecule has 5 heteroatoms. The number of hydrogen-bond acceptors (Lipinski definition) is 3. The first-order valence-electron chi connectivity index (χ1n) is 3.28. The zero-order chi connectivity index (χ0) is 10.0. The van der Waals surface area contributed by atoms with E-state index in [1.54, 1.807) is 0 Å². The van der Waals surface area contributed by atoms with Gasteiger partial charge in [-0.25, -0.2) is 4.79 Å². The average Bonchev–Trinajstić information content (AvgIpc) is 2.08. The molecule has 0 saturated heterocycles. The quantitative estimate of drug-likeness (QED) is 0.558. The molecular weight excluding hydrogens is 196 g/mol. The van der Waals surface area contributed by atoms with Gasteiger partial charge in [0.1, 0.15) is 5.75 Å². The van der Waals surface area contributed by atoms with Crippen molar-refractivity contribution in [3.8, 4) is 5.75 Å². The molecule has 68 valence electrons. The molecule has 0 saturated carbocycles. The van der Waals surface area contributed by atoms with Crippen LogP contribution in [-0.2, 0) is 4.79 Å². The zero-order valence-corrected chi connectivity index (χ0v) is 7.08. The number of halogens is 1. The molecule has 0 fully saturated rings. The molecule has 0 aliphatic carbocycles. The van der Waals surface area contributed by atoms with Gasteiger partial charge in [0.05, 0.1) is 5.56 Å². The maximum Gasteiger partial charge on any atom is 0.377 e. The molecule has 0 bridgehead atoms. The lowest BCUT2D eigenvalue weighted by Crippen LogP contribution is -2.12. The van der Waals surface area contributed by atoms with Crippen molar-refractivity contribution in [3.05, 3.63) is 28.8 Å². The molecule has 0 aliphatic heterocycles. The van der Waals surface area contributed by atoms with Crippen LogP contribution in [0, 0.1) is 0 Å². The van der Waals surface area contributed by atoms with E-state index in [1.807, 2.05) is 0 Å². The third kappa shape index (κ3) is 1.97. The number of rotatable bonds is 2. The van der Waals surface area contributed by atoms with Gasteiger partial charge in [0.25, 0.3) is 5.78 Å². The van der Waals surface area contributed by atoms with Crippen LogP contribution >= 0.6 is 11.6 Å². The second kappa shape index (κ2) is 3.45. The molecule has 0 atom stereocenters. The second-order valence-corrected chi connectivity index (χ2v) is 2.73. The summed E-state index contributed by atoms with van der Waals surface area (Å²) in [5, 5.41) is 17.7. The van der Waals surface area contributed by atoms with Crippen molar-refractivity contribution in [2.45, 2.75) is 0 Å². The number of benzene rings is 1. The molecule has 0 heterocycles. The summed E-state index contributed by atoms with van der Waals surface area (Å²) in [4.78, 5) is 21.2. The highest BCUT2D eigenvalue weighted by atomic mass is 35.5. The fourth-order valence-corrected chi connectivity index (χ4v) is 0.977. The van der Waals surface area contributed by atoms with Crippen LogP contribution in [0.1, 0.15) is 10.4 Å². The van der Waals surface area contributed by atoms with Crippen molar-refractivity contribution in [1.29, 1.82) is 0 Å². The van der Waals surface area contributed by atoms with Gasteiger partial charge < -0.3 is 10.2 Å². The fraction of sp³-hybridized carbons (Fsp3) is 0. The van der Waals surface area contributed by atoms with Crippen LogP contribution in [0.25, 0.3) is 0 Å². The third-order valence-electron chi connectivity index (χ3n) is 1.40. The molecular formula is C8H5ClO4. The van der Waals surface area contributed by atoms with Crippen molar-refractivity contribution < 1.29 is 19.8 Å². The summed E-state index contributed by atoms with van der Waals surface area (Å²) < 4.78 is 0. The Kier molecular flexibility index (Phi) is 2.53. The number of carboxylic acids is 1.